The van der Waals surface area contributed by atoms with Gasteiger partial charge in [-0.2, -0.15) is 0 Å². The van der Waals surface area contributed by atoms with E-state index in [1.54, 1.807) is 0 Å². The molecule has 1 atom stereocenters. The van der Waals surface area contributed by atoms with E-state index in [1.165, 1.54) is 11.1 Å². The number of hydrogen-bond acceptors (Lipinski definition) is 2. The van der Waals surface area contributed by atoms with Crippen LogP contribution in [-0.4, -0.2) is 15.6 Å². The van der Waals surface area contributed by atoms with Crippen LogP contribution < -0.4 is 5.73 Å². The maximum atomic E-state index is 5.75. The molecule has 90 valence electrons. The van der Waals surface area contributed by atoms with Gasteiger partial charge in [0.25, 0.3) is 0 Å². The Morgan fingerprint density at radius 2 is 2.00 bits per heavy atom. The molecule has 0 amide bonds. The monoisotopic (exact) mass is 229 g/mol. The van der Waals surface area contributed by atoms with Crippen LogP contribution in [0.1, 0.15) is 23.7 Å². The topological polar surface area (TPSA) is 43.8 Å². The fourth-order valence-electron chi connectivity index (χ4n) is 1.83. The molecule has 3 heteroatoms. The molecule has 0 saturated carbocycles. The zero-order valence-electron chi connectivity index (χ0n) is 10.4. The molecule has 1 unspecified atom stereocenters. The standard InChI is InChI=1S/C14H19N3/c1-11-3-5-13(6-4-11)8-17-9-14(16-10-17)7-12(2)15/h3-6,9-10,12H,7-8,15H2,1-2H3. The van der Waals surface area contributed by atoms with Gasteiger partial charge in [0.15, 0.2) is 0 Å². The average molecular weight is 229 g/mol. The first kappa shape index (κ1) is 11.9. The van der Waals surface area contributed by atoms with Gasteiger partial charge in [-0.1, -0.05) is 29.8 Å². The second-order valence-corrected chi connectivity index (χ2v) is 4.70. The molecule has 0 saturated heterocycles. The van der Waals surface area contributed by atoms with E-state index in [9.17, 15) is 0 Å². The minimum absolute atomic E-state index is 0.165. The van der Waals surface area contributed by atoms with Gasteiger partial charge in [0.05, 0.1) is 12.0 Å². The minimum atomic E-state index is 0.165. The number of benzene rings is 1. The van der Waals surface area contributed by atoms with Gasteiger partial charge in [-0.25, -0.2) is 4.98 Å². The number of rotatable bonds is 4. The van der Waals surface area contributed by atoms with Crippen molar-refractivity contribution in [2.45, 2.75) is 32.9 Å². The number of hydrogen-bond donors (Lipinski definition) is 1. The average Bonchev–Trinajstić information content (AvgIpc) is 2.68. The van der Waals surface area contributed by atoms with Crippen LogP contribution >= 0.6 is 0 Å². The van der Waals surface area contributed by atoms with E-state index in [0.717, 1.165) is 18.7 Å². The van der Waals surface area contributed by atoms with Crippen LogP contribution in [0.3, 0.4) is 0 Å². The van der Waals surface area contributed by atoms with Gasteiger partial charge in [-0.3, -0.25) is 0 Å². The molecule has 0 aliphatic carbocycles. The maximum Gasteiger partial charge on any atom is 0.0952 e. The Labute approximate surface area is 102 Å². The first-order valence-corrected chi connectivity index (χ1v) is 5.95. The molecule has 0 fully saturated rings. The summed E-state index contributed by atoms with van der Waals surface area (Å²) in [4.78, 5) is 4.35. The highest BCUT2D eigenvalue weighted by molar-refractivity contribution is 5.21. The van der Waals surface area contributed by atoms with Crippen LogP contribution in [0.15, 0.2) is 36.8 Å². The normalized spacial score (nSPS) is 12.6. The molecule has 1 aromatic heterocycles. The second kappa shape index (κ2) is 5.15. The highest BCUT2D eigenvalue weighted by Gasteiger charge is 2.02. The van der Waals surface area contributed by atoms with Crippen molar-refractivity contribution < 1.29 is 0 Å². The van der Waals surface area contributed by atoms with E-state index >= 15 is 0 Å². The summed E-state index contributed by atoms with van der Waals surface area (Å²) in [6.07, 6.45) is 4.78. The Kier molecular flexibility index (Phi) is 3.59. The molecular formula is C14H19N3. The molecular weight excluding hydrogens is 210 g/mol. The van der Waals surface area contributed by atoms with Crippen LogP contribution in [0.25, 0.3) is 0 Å². The van der Waals surface area contributed by atoms with E-state index in [2.05, 4.69) is 46.9 Å². The SMILES string of the molecule is Cc1ccc(Cn2cnc(CC(C)N)c2)cc1. The third kappa shape index (κ3) is 3.43. The van der Waals surface area contributed by atoms with Gasteiger partial charge in [-0.15, -0.1) is 0 Å². The Morgan fingerprint density at radius 1 is 1.29 bits per heavy atom. The van der Waals surface area contributed by atoms with Crippen molar-refractivity contribution in [1.29, 1.82) is 0 Å². The molecule has 2 aromatic rings. The summed E-state index contributed by atoms with van der Waals surface area (Å²) in [5, 5.41) is 0. The number of aryl methyl sites for hydroxylation is 1. The second-order valence-electron chi connectivity index (χ2n) is 4.70. The predicted molar refractivity (Wildman–Crippen MR) is 69.9 cm³/mol. The van der Waals surface area contributed by atoms with Gasteiger partial charge in [0.1, 0.15) is 0 Å². The predicted octanol–water partition coefficient (Wildman–Crippen LogP) is 2.13. The summed E-state index contributed by atoms with van der Waals surface area (Å²) < 4.78 is 2.10. The Balaban J connectivity index is 2.03. The highest BCUT2D eigenvalue weighted by atomic mass is 15.0. The Bertz CT molecular complexity index is 468. The molecule has 1 heterocycles. The first-order valence-electron chi connectivity index (χ1n) is 5.95. The van der Waals surface area contributed by atoms with E-state index in [0.29, 0.717) is 0 Å². The summed E-state index contributed by atoms with van der Waals surface area (Å²) in [6, 6.07) is 8.74. The van der Waals surface area contributed by atoms with Gasteiger partial charge in [0.2, 0.25) is 0 Å². The van der Waals surface area contributed by atoms with Gasteiger partial charge in [0, 0.05) is 25.2 Å². The minimum Gasteiger partial charge on any atom is -0.333 e. The molecule has 1 aromatic carbocycles. The van der Waals surface area contributed by atoms with Crippen molar-refractivity contribution in [1.82, 2.24) is 9.55 Å². The van der Waals surface area contributed by atoms with Crippen LogP contribution in [0, 0.1) is 6.92 Å². The van der Waals surface area contributed by atoms with Crippen molar-refractivity contribution >= 4 is 0 Å². The molecule has 0 aliphatic rings. The quantitative estimate of drug-likeness (QED) is 0.872. The zero-order valence-corrected chi connectivity index (χ0v) is 10.4. The largest absolute Gasteiger partial charge is 0.333 e. The van der Waals surface area contributed by atoms with Gasteiger partial charge < -0.3 is 10.3 Å². The number of imidazole rings is 1. The smallest absolute Gasteiger partial charge is 0.0952 e. The molecule has 17 heavy (non-hydrogen) atoms. The van der Waals surface area contributed by atoms with E-state index < -0.39 is 0 Å². The highest BCUT2D eigenvalue weighted by Crippen LogP contribution is 2.07. The zero-order chi connectivity index (χ0) is 12.3. The van der Waals surface area contributed by atoms with E-state index in [1.807, 2.05) is 13.3 Å². The lowest BCUT2D eigenvalue weighted by Crippen LogP contribution is -2.17. The lowest BCUT2D eigenvalue weighted by molar-refractivity contribution is 0.723. The molecule has 0 radical (unpaired) electrons. The van der Waals surface area contributed by atoms with E-state index in [-0.39, 0.29) is 6.04 Å². The van der Waals surface area contributed by atoms with Crippen molar-refractivity contribution in [3.8, 4) is 0 Å². The fourth-order valence-corrected chi connectivity index (χ4v) is 1.83. The first-order chi connectivity index (χ1) is 8.13. The number of aromatic nitrogens is 2. The van der Waals surface area contributed by atoms with Crippen molar-refractivity contribution in [3.63, 3.8) is 0 Å². The van der Waals surface area contributed by atoms with Crippen molar-refractivity contribution in [3.05, 3.63) is 53.6 Å². The van der Waals surface area contributed by atoms with Crippen molar-refractivity contribution in [2.75, 3.05) is 0 Å². The summed E-state index contributed by atoms with van der Waals surface area (Å²) in [6.45, 7) is 4.97. The Hall–Kier alpha value is -1.61. The number of nitrogens with zero attached hydrogens (tertiary/aromatic N) is 2. The molecule has 3 nitrogen and oxygen atoms in total. The third-order valence-corrected chi connectivity index (χ3v) is 2.70. The van der Waals surface area contributed by atoms with Crippen LogP contribution in [0.4, 0.5) is 0 Å². The number of nitrogens with two attached hydrogens (primary N) is 1. The van der Waals surface area contributed by atoms with Gasteiger partial charge in [-0.05, 0) is 19.4 Å². The molecule has 2 N–H and O–H groups in total. The lowest BCUT2D eigenvalue weighted by Gasteiger charge is -2.03. The van der Waals surface area contributed by atoms with Crippen LogP contribution in [-0.2, 0) is 13.0 Å². The molecule has 0 aliphatic heterocycles. The summed E-state index contributed by atoms with van der Waals surface area (Å²) in [5.41, 5.74) is 9.40. The molecule has 2 rings (SSSR count). The summed E-state index contributed by atoms with van der Waals surface area (Å²) in [5.74, 6) is 0. The maximum absolute atomic E-state index is 5.75. The molecule has 0 bridgehead atoms. The fraction of sp³-hybridized carbons (Fsp3) is 0.357. The summed E-state index contributed by atoms with van der Waals surface area (Å²) >= 11 is 0. The van der Waals surface area contributed by atoms with Gasteiger partial charge >= 0.3 is 0 Å². The van der Waals surface area contributed by atoms with Crippen molar-refractivity contribution in [2.24, 2.45) is 5.73 Å². The van der Waals surface area contributed by atoms with Crippen LogP contribution in [0.5, 0.6) is 0 Å². The lowest BCUT2D eigenvalue weighted by atomic mass is 10.1. The summed E-state index contributed by atoms with van der Waals surface area (Å²) in [7, 11) is 0. The molecule has 0 spiro atoms. The third-order valence-electron chi connectivity index (χ3n) is 2.70. The Morgan fingerprint density at radius 3 is 2.65 bits per heavy atom. The van der Waals surface area contributed by atoms with E-state index in [4.69, 9.17) is 5.73 Å². The van der Waals surface area contributed by atoms with Crippen LogP contribution in [0.2, 0.25) is 0 Å².